The van der Waals surface area contributed by atoms with Gasteiger partial charge in [-0.1, -0.05) is 45.0 Å². The number of nitrogens with one attached hydrogen (secondary N) is 2. The molecule has 0 aliphatic heterocycles. The van der Waals surface area contributed by atoms with Gasteiger partial charge in [-0.15, -0.1) is 0 Å². The van der Waals surface area contributed by atoms with Gasteiger partial charge in [0, 0.05) is 12.4 Å². The maximum Gasteiger partial charge on any atom is 0.129 e. The van der Waals surface area contributed by atoms with Gasteiger partial charge in [0.2, 0.25) is 0 Å². The van der Waals surface area contributed by atoms with E-state index in [0.717, 1.165) is 11.4 Å². The summed E-state index contributed by atoms with van der Waals surface area (Å²) in [5.74, 6) is 6.43. The van der Waals surface area contributed by atoms with Crippen molar-refractivity contribution < 1.29 is 0 Å². The van der Waals surface area contributed by atoms with E-state index in [2.05, 4.69) is 60.4 Å². The number of aromatic nitrogens is 2. The van der Waals surface area contributed by atoms with Crippen molar-refractivity contribution in [1.29, 1.82) is 0 Å². The molecule has 0 saturated heterocycles. The SMILES string of the molecule is CC(C)(C)c1ccc(C(NN)c2ncc[nH]2)cc1. The van der Waals surface area contributed by atoms with Crippen LogP contribution in [0.1, 0.15) is 43.8 Å². The predicted molar refractivity (Wildman–Crippen MR) is 72.9 cm³/mol. The van der Waals surface area contributed by atoms with Crippen LogP contribution in [0, 0.1) is 0 Å². The van der Waals surface area contributed by atoms with Crippen LogP contribution in [0.2, 0.25) is 0 Å². The Morgan fingerprint density at radius 1 is 1.22 bits per heavy atom. The summed E-state index contributed by atoms with van der Waals surface area (Å²) in [5.41, 5.74) is 5.35. The molecule has 0 aliphatic rings. The summed E-state index contributed by atoms with van der Waals surface area (Å²) >= 11 is 0. The Balaban J connectivity index is 2.28. The minimum atomic E-state index is -0.103. The summed E-state index contributed by atoms with van der Waals surface area (Å²) in [5, 5.41) is 0. The molecule has 2 rings (SSSR count). The second kappa shape index (κ2) is 4.92. The lowest BCUT2D eigenvalue weighted by Crippen LogP contribution is -2.29. The number of hydrazine groups is 1. The van der Waals surface area contributed by atoms with Gasteiger partial charge in [-0.25, -0.2) is 10.4 Å². The number of imidazole rings is 1. The molecule has 1 aromatic heterocycles. The fraction of sp³-hybridized carbons (Fsp3) is 0.357. The Hall–Kier alpha value is -1.65. The van der Waals surface area contributed by atoms with Crippen molar-refractivity contribution in [3.05, 3.63) is 53.6 Å². The number of aromatic amines is 1. The number of hydrogen-bond donors (Lipinski definition) is 3. The largest absolute Gasteiger partial charge is 0.347 e. The molecule has 4 nitrogen and oxygen atoms in total. The lowest BCUT2D eigenvalue weighted by Gasteiger charge is -2.20. The summed E-state index contributed by atoms with van der Waals surface area (Å²) in [4.78, 5) is 7.31. The van der Waals surface area contributed by atoms with E-state index >= 15 is 0 Å². The molecule has 4 N–H and O–H groups in total. The Bertz CT molecular complexity index is 480. The van der Waals surface area contributed by atoms with Gasteiger partial charge in [0.1, 0.15) is 11.9 Å². The van der Waals surface area contributed by atoms with Crippen molar-refractivity contribution in [3.63, 3.8) is 0 Å². The van der Waals surface area contributed by atoms with E-state index in [0.29, 0.717) is 0 Å². The molecule has 0 aliphatic carbocycles. The highest BCUT2D eigenvalue weighted by atomic mass is 15.2. The summed E-state index contributed by atoms with van der Waals surface area (Å²) in [6.07, 6.45) is 3.52. The molecule has 1 aromatic carbocycles. The summed E-state index contributed by atoms with van der Waals surface area (Å²) in [6.45, 7) is 6.60. The third-order valence-electron chi connectivity index (χ3n) is 3.07. The van der Waals surface area contributed by atoms with Crippen molar-refractivity contribution in [2.24, 2.45) is 5.84 Å². The molecule has 0 amide bonds. The Labute approximate surface area is 108 Å². The molecule has 96 valence electrons. The van der Waals surface area contributed by atoms with Crippen LogP contribution in [0.25, 0.3) is 0 Å². The van der Waals surface area contributed by atoms with Gasteiger partial charge in [0.25, 0.3) is 0 Å². The van der Waals surface area contributed by atoms with Crippen molar-refractivity contribution in [2.45, 2.75) is 32.2 Å². The van der Waals surface area contributed by atoms with Crippen molar-refractivity contribution >= 4 is 0 Å². The van der Waals surface area contributed by atoms with Crippen LogP contribution in [-0.2, 0) is 5.41 Å². The normalized spacial score (nSPS) is 13.6. The summed E-state index contributed by atoms with van der Waals surface area (Å²) < 4.78 is 0. The molecule has 0 fully saturated rings. The average Bonchev–Trinajstić information content (AvgIpc) is 2.83. The zero-order valence-electron chi connectivity index (χ0n) is 11.1. The standard InChI is InChI=1S/C14H20N4/c1-14(2,3)11-6-4-10(5-7-11)12(18-15)13-16-8-9-17-13/h4-9,12,18H,15H2,1-3H3,(H,16,17). The van der Waals surface area contributed by atoms with Crippen LogP contribution in [0.3, 0.4) is 0 Å². The molecule has 0 bridgehead atoms. The topological polar surface area (TPSA) is 66.7 Å². The minimum Gasteiger partial charge on any atom is -0.347 e. The van der Waals surface area contributed by atoms with E-state index in [1.165, 1.54) is 5.56 Å². The van der Waals surface area contributed by atoms with Crippen LogP contribution in [0.4, 0.5) is 0 Å². The number of H-pyrrole nitrogens is 1. The molecular weight excluding hydrogens is 224 g/mol. The average molecular weight is 244 g/mol. The molecule has 2 aromatic rings. The van der Waals surface area contributed by atoms with E-state index in [1.54, 1.807) is 12.4 Å². The van der Waals surface area contributed by atoms with Crippen molar-refractivity contribution in [3.8, 4) is 0 Å². The maximum atomic E-state index is 5.61. The molecule has 0 radical (unpaired) electrons. The summed E-state index contributed by atoms with van der Waals surface area (Å²) in [6, 6.07) is 8.36. The zero-order valence-corrected chi connectivity index (χ0v) is 11.1. The number of benzene rings is 1. The molecule has 1 atom stereocenters. The van der Waals surface area contributed by atoms with E-state index < -0.39 is 0 Å². The summed E-state index contributed by atoms with van der Waals surface area (Å²) in [7, 11) is 0. The van der Waals surface area contributed by atoms with Crippen LogP contribution < -0.4 is 11.3 Å². The first-order valence-corrected chi connectivity index (χ1v) is 6.08. The van der Waals surface area contributed by atoms with E-state index in [-0.39, 0.29) is 11.5 Å². The second-order valence-corrected chi connectivity index (χ2v) is 5.45. The Morgan fingerprint density at radius 3 is 2.33 bits per heavy atom. The molecule has 1 unspecified atom stereocenters. The van der Waals surface area contributed by atoms with Crippen LogP contribution in [0.5, 0.6) is 0 Å². The van der Waals surface area contributed by atoms with Crippen molar-refractivity contribution in [1.82, 2.24) is 15.4 Å². The number of rotatable bonds is 3. The molecular formula is C14H20N4. The fourth-order valence-corrected chi connectivity index (χ4v) is 1.94. The van der Waals surface area contributed by atoms with Crippen LogP contribution in [-0.4, -0.2) is 9.97 Å². The lowest BCUT2D eigenvalue weighted by molar-refractivity contribution is 0.585. The van der Waals surface area contributed by atoms with Gasteiger partial charge in [-0.05, 0) is 16.5 Å². The Kier molecular flexibility index (Phi) is 3.50. The second-order valence-electron chi connectivity index (χ2n) is 5.45. The van der Waals surface area contributed by atoms with Crippen molar-refractivity contribution in [2.75, 3.05) is 0 Å². The van der Waals surface area contributed by atoms with Gasteiger partial charge in [0.15, 0.2) is 0 Å². The Morgan fingerprint density at radius 2 is 1.89 bits per heavy atom. The highest BCUT2D eigenvalue weighted by molar-refractivity contribution is 5.31. The smallest absolute Gasteiger partial charge is 0.129 e. The van der Waals surface area contributed by atoms with Gasteiger partial charge >= 0.3 is 0 Å². The third kappa shape index (κ3) is 2.60. The first-order chi connectivity index (χ1) is 8.52. The minimum absolute atomic E-state index is 0.103. The van der Waals surface area contributed by atoms with Crippen LogP contribution >= 0.6 is 0 Å². The molecule has 1 heterocycles. The van der Waals surface area contributed by atoms with Gasteiger partial charge < -0.3 is 4.98 Å². The van der Waals surface area contributed by atoms with E-state index in [9.17, 15) is 0 Å². The quantitative estimate of drug-likeness (QED) is 0.573. The number of nitrogens with two attached hydrogens (primary N) is 1. The third-order valence-corrected chi connectivity index (χ3v) is 3.07. The highest BCUT2D eigenvalue weighted by Crippen LogP contribution is 2.25. The van der Waals surface area contributed by atoms with Crippen LogP contribution in [0.15, 0.2) is 36.7 Å². The molecule has 0 saturated carbocycles. The first kappa shape index (κ1) is 12.8. The number of hydrogen-bond acceptors (Lipinski definition) is 3. The monoisotopic (exact) mass is 244 g/mol. The molecule has 4 heteroatoms. The first-order valence-electron chi connectivity index (χ1n) is 6.08. The van der Waals surface area contributed by atoms with E-state index in [4.69, 9.17) is 5.84 Å². The maximum absolute atomic E-state index is 5.61. The van der Waals surface area contributed by atoms with Gasteiger partial charge in [-0.2, -0.15) is 0 Å². The number of nitrogens with zero attached hydrogens (tertiary/aromatic N) is 1. The highest BCUT2D eigenvalue weighted by Gasteiger charge is 2.17. The lowest BCUT2D eigenvalue weighted by atomic mass is 9.86. The van der Waals surface area contributed by atoms with Gasteiger partial charge in [-0.3, -0.25) is 5.84 Å². The van der Waals surface area contributed by atoms with E-state index in [1.807, 2.05) is 0 Å². The predicted octanol–water partition coefficient (Wildman–Crippen LogP) is 2.26. The molecule has 18 heavy (non-hydrogen) atoms. The van der Waals surface area contributed by atoms with Gasteiger partial charge in [0.05, 0.1) is 0 Å². The molecule has 0 spiro atoms. The fourth-order valence-electron chi connectivity index (χ4n) is 1.94. The zero-order chi connectivity index (χ0) is 13.2.